The number of hydrogen-bond acceptors (Lipinski definition) is 2. The molecule has 1 aliphatic carbocycles. The standard InChI is InChI=1S/C9H14ClN3/c1-2-8(10)9-6-13(12-11-9)5-7-3-4-7/h6-8H,2-5H2,1H3. The molecule has 0 radical (unpaired) electrons. The van der Waals surface area contributed by atoms with Crippen LogP contribution in [-0.2, 0) is 6.54 Å². The molecule has 1 fully saturated rings. The van der Waals surface area contributed by atoms with Gasteiger partial charge in [-0.25, -0.2) is 0 Å². The maximum atomic E-state index is 6.04. The summed E-state index contributed by atoms with van der Waals surface area (Å²) in [7, 11) is 0. The molecule has 0 bridgehead atoms. The van der Waals surface area contributed by atoms with Crippen LogP contribution in [0.2, 0.25) is 0 Å². The molecule has 2 rings (SSSR count). The van der Waals surface area contributed by atoms with E-state index in [-0.39, 0.29) is 5.38 Å². The lowest BCUT2D eigenvalue weighted by atomic mass is 10.3. The molecule has 4 heteroatoms. The lowest BCUT2D eigenvalue weighted by molar-refractivity contribution is 0.544. The van der Waals surface area contributed by atoms with E-state index in [1.165, 1.54) is 12.8 Å². The van der Waals surface area contributed by atoms with E-state index in [1.54, 1.807) is 0 Å². The number of rotatable bonds is 4. The van der Waals surface area contributed by atoms with E-state index in [9.17, 15) is 0 Å². The molecule has 1 atom stereocenters. The molecule has 13 heavy (non-hydrogen) atoms. The zero-order valence-corrected chi connectivity index (χ0v) is 8.54. The minimum atomic E-state index is 0.0213. The molecule has 1 aromatic heterocycles. The van der Waals surface area contributed by atoms with E-state index >= 15 is 0 Å². The summed E-state index contributed by atoms with van der Waals surface area (Å²) < 4.78 is 1.91. The monoisotopic (exact) mass is 199 g/mol. The van der Waals surface area contributed by atoms with E-state index in [1.807, 2.05) is 10.9 Å². The summed E-state index contributed by atoms with van der Waals surface area (Å²) in [5, 5.41) is 8.12. The van der Waals surface area contributed by atoms with Gasteiger partial charge in [0.15, 0.2) is 0 Å². The molecule has 0 aromatic carbocycles. The van der Waals surface area contributed by atoms with Crippen LogP contribution >= 0.6 is 11.6 Å². The Morgan fingerprint density at radius 1 is 1.69 bits per heavy atom. The summed E-state index contributed by atoms with van der Waals surface area (Å²) in [5.41, 5.74) is 0.907. The van der Waals surface area contributed by atoms with Gasteiger partial charge in [0.05, 0.1) is 5.38 Å². The number of hydrogen-bond donors (Lipinski definition) is 0. The second-order valence-corrected chi connectivity index (χ2v) is 4.21. The second kappa shape index (κ2) is 3.66. The summed E-state index contributed by atoms with van der Waals surface area (Å²) in [5.74, 6) is 0.838. The van der Waals surface area contributed by atoms with E-state index in [2.05, 4.69) is 17.2 Å². The van der Waals surface area contributed by atoms with E-state index in [4.69, 9.17) is 11.6 Å². The Morgan fingerprint density at radius 3 is 3.08 bits per heavy atom. The number of nitrogens with zero attached hydrogens (tertiary/aromatic N) is 3. The summed E-state index contributed by atoms with van der Waals surface area (Å²) >= 11 is 6.04. The molecule has 0 N–H and O–H groups in total. The van der Waals surface area contributed by atoms with Crippen molar-refractivity contribution in [2.75, 3.05) is 0 Å². The molecule has 0 amide bonds. The van der Waals surface area contributed by atoms with Crippen molar-refractivity contribution in [2.45, 2.75) is 38.1 Å². The van der Waals surface area contributed by atoms with Crippen molar-refractivity contribution in [2.24, 2.45) is 5.92 Å². The number of alkyl halides is 1. The maximum absolute atomic E-state index is 6.04. The zero-order chi connectivity index (χ0) is 9.26. The van der Waals surface area contributed by atoms with Crippen LogP contribution in [0, 0.1) is 5.92 Å². The average Bonchev–Trinajstić information content (AvgIpc) is 2.81. The summed E-state index contributed by atoms with van der Waals surface area (Å²) in [4.78, 5) is 0. The lowest BCUT2D eigenvalue weighted by Crippen LogP contribution is -1.99. The van der Waals surface area contributed by atoms with E-state index in [0.717, 1.165) is 24.6 Å². The number of aromatic nitrogens is 3. The highest BCUT2D eigenvalue weighted by Crippen LogP contribution is 2.30. The Bertz CT molecular complexity index is 280. The Balaban J connectivity index is 1.99. The summed E-state index contributed by atoms with van der Waals surface area (Å²) in [6.45, 7) is 3.07. The van der Waals surface area contributed by atoms with Gasteiger partial charge in [0.2, 0.25) is 0 Å². The van der Waals surface area contributed by atoms with Crippen molar-refractivity contribution >= 4 is 11.6 Å². The topological polar surface area (TPSA) is 30.7 Å². The van der Waals surface area contributed by atoms with Crippen LogP contribution in [0.4, 0.5) is 0 Å². The molecule has 1 aromatic rings. The first-order chi connectivity index (χ1) is 6.29. The third-order valence-corrected chi connectivity index (χ3v) is 2.91. The van der Waals surface area contributed by atoms with Crippen LogP contribution in [0.3, 0.4) is 0 Å². The SMILES string of the molecule is CCC(Cl)c1cn(CC2CC2)nn1. The minimum absolute atomic E-state index is 0.0213. The van der Waals surface area contributed by atoms with Crippen molar-refractivity contribution in [1.82, 2.24) is 15.0 Å². The van der Waals surface area contributed by atoms with Gasteiger partial charge in [0, 0.05) is 12.7 Å². The van der Waals surface area contributed by atoms with Crippen LogP contribution in [0.15, 0.2) is 6.20 Å². The molecule has 1 aliphatic rings. The van der Waals surface area contributed by atoms with Gasteiger partial charge in [-0.1, -0.05) is 12.1 Å². The third kappa shape index (κ3) is 2.21. The van der Waals surface area contributed by atoms with Crippen LogP contribution in [0.25, 0.3) is 0 Å². The van der Waals surface area contributed by atoms with Crippen LogP contribution < -0.4 is 0 Å². The van der Waals surface area contributed by atoms with Crippen molar-refractivity contribution in [3.05, 3.63) is 11.9 Å². The molecule has 0 aliphatic heterocycles. The highest BCUT2D eigenvalue weighted by atomic mass is 35.5. The molecular formula is C9H14ClN3. The normalized spacial score (nSPS) is 18.9. The molecule has 1 saturated carbocycles. The largest absolute Gasteiger partial charge is 0.252 e. The van der Waals surface area contributed by atoms with Crippen LogP contribution in [0.1, 0.15) is 37.3 Å². The molecule has 1 heterocycles. The van der Waals surface area contributed by atoms with Crippen molar-refractivity contribution in [3.63, 3.8) is 0 Å². The first kappa shape index (κ1) is 9.00. The van der Waals surface area contributed by atoms with E-state index in [0.29, 0.717) is 0 Å². The summed E-state index contributed by atoms with van der Waals surface area (Å²) in [6, 6.07) is 0. The van der Waals surface area contributed by atoms with Crippen LogP contribution in [-0.4, -0.2) is 15.0 Å². The first-order valence-corrected chi connectivity index (χ1v) is 5.27. The Morgan fingerprint density at radius 2 is 2.46 bits per heavy atom. The Labute approximate surface area is 83.1 Å². The first-order valence-electron chi connectivity index (χ1n) is 4.83. The van der Waals surface area contributed by atoms with Gasteiger partial charge in [-0.15, -0.1) is 16.7 Å². The minimum Gasteiger partial charge on any atom is -0.252 e. The maximum Gasteiger partial charge on any atom is 0.100 e. The highest BCUT2D eigenvalue weighted by molar-refractivity contribution is 6.20. The predicted octanol–water partition coefficient (Wildman–Crippen LogP) is 2.38. The fourth-order valence-corrected chi connectivity index (χ4v) is 1.42. The average molecular weight is 200 g/mol. The molecule has 0 saturated heterocycles. The van der Waals surface area contributed by atoms with Gasteiger partial charge in [-0.2, -0.15) is 0 Å². The highest BCUT2D eigenvalue weighted by Gasteiger charge is 2.22. The van der Waals surface area contributed by atoms with E-state index < -0.39 is 0 Å². The van der Waals surface area contributed by atoms with Gasteiger partial charge in [0.25, 0.3) is 0 Å². The smallest absolute Gasteiger partial charge is 0.100 e. The van der Waals surface area contributed by atoms with Gasteiger partial charge in [-0.05, 0) is 25.2 Å². The molecule has 72 valence electrons. The third-order valence-electron chi connectivity index (χ3n) is 2.38. The summed E-state index contributed by atoms with van der Waals surface area (Å²) in [6.07, 6.45) is 5.56. The Hall–Kier alpha value is -0.570. The van der Waals surface area contributed by atoms with Gasteiger partial charge < -0.3 is 0 Å². The van der Waals surface area contributed by atoms with Gasteiger partial charge in [0.1, 0.15) is 5.69 Å². The second-order valence-electron chi connectivity index (χ2n) is 3.68. The molecular weight excluding hydrogens is 186 g/mol. The molecule has 0 spiro atoms. The van der Waals surface area contributed by atoms with Gasteiger partial charge >= 0.3 is 0 Å². The molecule has 3 nitrogen and oxygen atoms in total. The van der Waals surface area contributed by atoms with Gasteiger partial charge in [-0.3, -0.25) is 4.68 Å². The quantitative estimate of drug-likeness (QED) is 0.698. The number of halogens is 1. The Kier molecular flexibility index (Phi) is 2.54. The zero-order valence-electron chi connectivity index (χ0n) is 7.78. The van der Waals surface area contributed by atoms with Crippen molar-refractivity contribution < 1.29 is 0 Å². The van der Waals surface area contributed by atoms with Crippen molar-refractivity contribution in [3.8, 4) is 0 Å². The van der Waals surface area contributed by atoms with Crippen LogP contribution in [0.5, 0.6) is 0 Å². The lowest BCUT2D eigenvalue weighted by Gasteiger charge is -1.98. The van der Waals surface area contributed by atoms with Crippen molar-refractivity contribution in [1.29, 1.82) is 0 Å². The fourth-order valence-electron chi connectivity index (χ4n) is 1.32. The predicted molar refractivity (Wildman–Crippen MR) is 51.6 cm³/mol. The molecule has 1 unspecified atom stereocenters. The fraction of sp³-hybridized carbons (Fsp3) is 0.778.